The molecule has 2 amide bonds. The van der Waals surface area contributed by atoms with Crippen molar-refractivity contribution in [1.29, 1.82) is 0 Å². The van der Waals surface area contributed by atoms with Gasteiger partial charge in [0.2, 0.25) is 15.9 Å². The third-order valence-corrected chi connectivity index (χ3v) is 9.19. The van der Waals surface area contributed by atoms with E-state index in [9.17, 15) is 22.4 Å². The van der Waals surface area contributed by atoms with E-state index in [2.05, 4.69) is 16.2 Å². The van der Waals surface area contributed by atoms with Crippen molar-refractivity contribution in [2.45, 2.75) is 36.2 Å². The van der Waals surface area contributed by atoms with E-state index < -0.39 is 21.7 Å². The van der Waals surface area contributed by atoms with Gasteiger partial charge in [-0.2, -0.15) is 4.31 Å². The Labute approximate surface area is 210 Å². The van der Waals surface area contributed by atoms with E-state index in [4.69, 9.17) is 0 Å². The fourth-order valence-electron chi connectivity index (χ4n) is 5.31. The second-order valence-corrected chi connectivity index (χ2v) is 11.4. The van der Waals surface area contributed by atoms with Crippen LogP contribution in [0.1, 0.15) is 28.8 Å². The molecule has 3 saturated heterocycles. The number of hydrazine groups is 1. The van der Waals surface area contributed by atoms with Gasteiger partial charge in [0.25, 0.3) is 5.91 Å². The van der Waals surface area contributed by atoms with Crippen LogP contribution in [0.25, 0.3) is 0 Å². The molecular weight excluding hydrogens is 485 g/mol. The molecule has 0 aliphatic carbocycles. The molecule has 0 aromatic heterocycles. The van der Waals surface area contributed by atoms with Crippen LogP contribution < -0.4 is 16.2 Å². The number of fused-ring (bicyclic) bond motifs is 1. The number of rotatable bonds is 5. The number of carbonyl (C=O) groups is 2. The molecule has 3 aliphatic rings. The number of piperidine rings is 1. The standard InChI is InChI=1S/C25H30FN5O4S/c26-21-9-8-17(16-22-23-19(7-4-10-27-23)24(32)29-28-22)15-20(21)25(33)30-11-13-31(14-12-30)36(34,35)18-5-2-1-3-6-18/h1-3,5-6,8-9,15,19,22-23,27-28H,4,7,10-14,16H2,(H,29,32). The van der Waals surface area contributed by atoms with Gasteiger partial charge in [-0.15, -0.1) is 0 Å². The van der Waals surface area contributed by atoms with Crippen LogP contribution in [0.2, 0.25) is 0 Å². The summed E-state index contributed by atoms with van der Waals surface area (Å²) in [7, 11) is -3.64. The first-order chi connectivity index (χ1) is 17.3. The van der Waals surface area contributed by atoms with Crippen LogP contribution in [0.15, 0.2) is 53.4 Å². The van der Waals surface area contributed by atoms with Gasteiger partial charge in [0.05, 0.1) is 16.4 Å². The number of sulfonamides is 1. The van der Waals surface area contributed by atoms with Crippen molar-refractivity contribution < 1.29 is 22.4 Å². The van der Waals surface area contributed by atoms with Crippen LogP contribution in [-0.4, -0.2) is 74.2 Å². The minimum Gasteiger partial charge on any atom is -0.336 e. The number of carbonyl (C=O) groups excluding carboxylic acids is 2. The highest BCUT2D eigenvalue weighted by atomic mass is 32.2. The molecule has 3 heterocycles. The summed E-state index contributed by atoms with van der Waals surface area (Å²) < 4.78 is 41.8. The van der Waals surface area contributed by atoms with Crippen molar-refractivity contribution in [2.75, 3.05) is 32.7 Å². The van der Waals surface area contributed by atoms with Crippen molar-refractivity contribution in [3.8, 4) is 0 Å². The molecule has 0 radical (unpaired) electrons. The maximum absolute atomic E-state index is 14.7. The van der Waals surface area contributed by atoms with Crippen molar-refractivity contribution >= 4 is 21.8 Å². The lowest BCUT2D eigenvalue weighted by Crippen LogP contribution is -2.67. The summed E-state index contributed by atoms with van der Waals surface area (Å²) in [5.74, 6) is -1.20. The molecule has 5 rings (SSSR count). The van der Waals surface area contributed by atoms with E-state index in [1.165, 1.54) is 15.3 Å². The molecule has 11 heteroatoms. The average molecular weight is 516 g/mol. The van der Waals surface area contributed by atoms with Crippen LogP contribution in [-0.2, 0) is 21.2 Å². The Hall–Kier alpha value is -2.86. The fraction of sp³-hybridized carbons (Fsp3) is 0.440. The molecule has 192 valence electrons. The highest BCUT2D eigenvalue weighted by Gasteiger charge is 2.40. The summed E-state index contributed by atoms with van der Waals surface area (Å²) >= 11 is 0. The first-order valence-corrected chi connectivity index (χ1v) is 13.7. The molecule has 9 nitrogen and oxygen atoms in total. The predicted octanol–water partition coefficient (Wildman–Crippen LogP) is 0.886. The van der Waals surface area contributed by atoms with Gasteiger partial charge in [-0.1, -0.05) is 24.3 Å². The van der Waals surface area contributed by atoms with E-state index >= 15 is 0 Å². The van der Waals surface area contributed by atoms with E-state index in [-0.39, 0.29) is 60.5 Å². The van der Waals surface area contributed by atoms with Crippen LogP contribution in [0.4, 0.5) is 4.39 Å². The van der Waals surface area contributed by atoms with E-state index in [1.54, 1.807) is 42.5 Å². The average Bonchev–Trinajstić information content (AvgIpc) is 2.91. The molecule has 3 atom stereocenters. The summed E-state index contributed by atoms with van der Waals surface area (Å²) in [5, 5.41) is 3.42. The zero-order valence-electron chi connectivity index (χ0n) is 19.8. The van der Waals surface area contributed by atoms with Crippen LogP contribution in [0.3, 0.4) is 0 Å². The molecule has 36 heavy (non-hydrogen) atoms. The fourth-order valence-corrected chi connectivity index (χ4v) is 6.76. The monoisotopic (exact) mass is 515 g/mol. The van der Waals surface area contributed by atoms with Crippen LogP contribution in [0.5, 0.6) is 0 Å². The molecule has 0 saturated carbocycles. The van der Waals surface area contributed by atoms with Gasteiger partial charge in [-0.3, -0.25) is 15.0 Å². The number of hydrogen-bond donors (Lipinski definition) is 3. The third-order valence-electron chi connectivity index (χ3n) is 7.28. The lowest BCUT2D eigenvalue weighted by Gasteiger charge is -2.41. The number of nitrogens with one attached hydrogen (secondary N) is 3. The Morgan fingerprint density at radius 1 is 1.06 bits per heavy atom. The van der Waals surface area contributed by atoms with E-state index in [0.717, 1.165) is 24.9 Å². The van der Waals surface area contributed by atoms with Crippen molar-refractivity contribution in [2.24, 2.45) is 5.92 Å². The molecule has 3 unspecified atom stereocenters. The lowest BCUT2D eigenvalue weighted by atomic mass is 9.82. The Kier molecular flexibility index (Phi) is 7.07. The Balaban J connectivity index is 1.26. The number of nitrogens with zero attached hydrogens (tertiary/aromatic N) is 2. The SMILES string of the molecule is O=C1NNC(Cc2ccc(F)c(C(=O)N3CCN(S(=O)(=O)c4ccccc4)CC3)c2)C2NCCCC12. The zero-order chi connectivity index (χ0) is 25.3. The Morgan fingerprint density at radius 2 is 1.81 bits per heavy atom. The largest absolute Gasteiger partial charge is 0.336 e. The van der Waals surface area contributed by atoms with Gasteiger partial charge in [-0.25, -0.2) is 18.2 Å². The van der Waals surface area contributed by atoms with Gasteiger partial charge < -0.3 is 10.2 Å². The molecule has 2 aromatic carbocycles. The minimum absolute atomic E-state index is 0.0214. The van der Waals surface area contributed by atoms with Gasteiger partial charge in [0, 0.05) is 38.3 Å². The molecule has 0 spiro atoms. The number of piperazine rings is 1. The maximum atomic E-state index is 14.7. The molecule has 3 N–H and O–H groups in total. The predicted molar refractivity (Wildman–Crippen MR) is 131 cm³/mol. The number of amides is 2. The molecule has 2 aromatic rings. The van der Waals surface area contributed by atoms with Crippen molar-refractivity contribution in [3.63, 3.8) is 0 Å². The van der Waals surface area contributed by atoms with E-state index in [0.29, 0.717) is 6.42 Å². The first-order valence-electron chi connectivity index (χ1n) is 12.3. The molecule has 3 fully saturated rings. The zero-order valence-corrected chi connectivity index (χ0v) is 20.6. The summed E-state index contributed by atoms with van der Waals surface area (Å²) in [6, 6.07) is 12.6. The Bertz CT molecular complexity index is 1230. The number of hydrogen-bond acceptors (Lipinski definition) is 6. The minimum atomic E-state index is -3.64. The summed E-state index contributed by atoms with van der Waals surface area (Å²) in [6.45, 7) is 1.48. The highest BCUT2D eigenvalue weighted by molar-refractivity contribution is 7.89. The van der Waals surface area contributed by atoms with Gasteiger partial charge in [0.1, 0.15) is 5.82 Å². The van der Waals surface area contributed by atoms with Crippen LogP contribution >= 0.6 is 0 Å². The second-order valence-electron chi connectivity index (χ2n) is 9.50. The lowest BCUT2D eigenvalue weighted by molar-refractivity contribution is -0.131. The highest BCUT2D eigenvalue weighted by Crippen LogP contribution is 2.25. The number of halogens is 1. The Morgan fingerprint density at radius 3 is 2.56 bits per heavy atom. The van der Waals surface area contributed by atoms with Crippen molar-refractivity contribution in [1.82, 2.24) is 25.4 Å². The third kappa shape index (κ3) is 4.88. The smallest absolute Gasteiger partial charge is 0.256 e. The second kappa shape index (κ2) is 10.3. The van der Waals surface area contributed by atoms with Gasteiger partial charge in [-0.05, 0) is 55.6 Å². The molecule has 0 bridgehead atoms. The van der Waals surface area contributed by atoms with E-state index in [1.807, 2.05) is 0 Å². The molecular formula is C25H30FN5O4S. The number of benzene rings is 2. The maximum Gasteiger partial charge on any atom is 0.256 e. The van der Waals surface area contributed by atoms with Crippen molar-refractivity contribution in [3.05, 3.63) is 65.5 Å². The first kappa shape index (κ1) is 24.8. The topological polar surface area (TPSA) is 111 Å². The summed E-state index contributed by atoms with van der Waals surface area (Å²) in [5.41, 5.74) is 6.56. The van der Waals surface area contributed by atoms with Gasteiger partial charge in [0.15, 0.2) is 0 Å². The summed E-state index contributed by atoms with van der Waals surface area (Å²) in [4.78, 5) is 27.1. The normalized spacial score (nSPS) is 25.2. The quantitative estimate of drug-likeness (QED) is 0.546. The van der Waals surface area contributed by atoms with Gasteiger partial charge >= 0.3 is 0 Å². The summed E-state index contributed by atoms with van der Waals surface area (Å²) in [6.07, 6.45) is 2.27. The van der Waals surface area contributed by atoms with Crippen LogP contribution in [0, 0.1) is 11.7 Å². The molecule has 3 aliphatic heterocycles.